The lowest BCUT2D eigenvalue weighted by Crippen LogP contribution is -2.05. The number of aliphatic hydroxyl groups is 1. The fourth-order valence-electron chi connectivity index (χ4n) is 2.36. The van der Waals surface area contributed by atoms with Crippen LogP contribution in [0.25, 0.3) is 5.76 Å². The number of Topliss-reactive ketones (excluding diaryl/α,β-unsaturated/α-hetero) is 2. The van der Waals surface area contributed by atoms with Crippen molar-refractivity contribution < 1.29 is 19.4 Å². The smallest absolute Gasteiger partial charge is 0.201 e. The molecule has 0 unspecified atom stereocenters. The molecule has 0 atom stereocenters. The highest BCUT2D eigenvalue weighted by molar-refractivity contribution is 6.41. The Balaban J connectivity index is 2.10. The van der Waals surface area contributed by atoms with E-state index in [-0.39, 0.29) is 11.3 Å². The molecule has 1 N–H and O–H groups in total. The van der Waals surface area contributed by atoms with Gasteiger partial charge in [-0.3, -0.25) is 9.59 Å². The molecule has 104 valence electrons. The maximum absolute atomic E-state index is 12.3. The second-order valence-corrected chi connectivity index (χ2v) is 4.66. The SMILES string of the molecule is COc1ccc(C(O)=C2C(=O)c3ccccc3C2=O)cc1. The summed E-state index contributed by atoms with van der Waals surface area (Å²) in [5, 5.41) is 10.3. The molecule has 2 aromatic carbocycles. The molecule has 1 aliphatic rings. The Morgan fingerprint density at radius 1 is 0.905 bits per heavy atom. The number of hydrogen-bond acceptors (Lipinski definition) is 4. The molecule has 0 bridgehead atoms. The first-order valence-corrected chi connectivity index (χ1v) is 6.39. The summed E-state index contributed by atoms with van der Waals surface area (Å²) < 4.78 is 5.04. The lowest BCUT2D eigenvalue weighted by atomic mass is 10.0. The molecule has 0 aliphatic heterocycles. The summed E-state index contributed by atoms with van der Waals surface area (Å²) >= 11 is 0. The van der Waals surface area contributed by atoms with E-state index in [4.69, 9.17) is 4.74 Å². The quantitative estimate of drug-likeness (QED) is 0.521. The van der Waals surface area contributed by atoms with Crippen LogP contribution in [0.5, 0.6) is 5.75 Å². The van der Waals surface area contributed by atoms with Crippen LogP contribution in [-0.4, -0.2) is 23.8 Å². The highest BCUT2D eigenvalue weighted by Gasteiger charge is 2.35. The number of allylic oxidation sites excluding steroid dienone is 1. The molecule has 21 heavy (non-hydrogen) atoms. The van der Waals surface area contributed by atoms with Crippen molar-refractivity contribution >= 4 is 17.3 Å². The van der Waals surface area contributed by atoms with Crippen LogP contribution < -0.4 is 4.74 Å². The molecule has 3 rings (SSSR count). The maximum atomic E-state index is 12.3. The van der Waals surface area contributed by atoms with Crippen LogP contribution in [0.2, 0.25) is 0 Å². The highest BCUT2D eigenvalue weighted by Crippen LogP contribution is 2.31. The van der Waals surface area contributed by atoms with Crippen LogP contribution in [0.3, 0.4) is 0 Å². The number of carbonyl (C=O) groups is 2. The van der Waals surface area contributed by atoms with Crippen molar-refractivity contribution in [3.05, 3.63) is 70.8 Å². The van der Waals surface area contributed by atoms with Crippen molar-refractivity contribution in [3.8, 4) is 5.75 Å². The first-order valence-electron chi connectivity index (χ1n) is 6.39. The van der Waals surface area contributed by atoms with Crippen molar-refractivity contribution in [1.82, 2.24) is 0 Å². The molecule has 0 radical (unpaired) electrons. The summed E-state index contributed by atoms with van der Waals surface area (Å²) in [7, 11) is 1.54. The zero-order valence-corrected chi connectivity index (χ0v) is 11.3. The minimum atomic E-state index is -0.441. The highest BCUT2D eigenvalue weighted by atomic mass is 16.5. The Bertz CT molecular complexity index is 733. The van der Waals surface area contributed by atoms with Gasteiger partial charge in [0.25, 0.3) is 0 Å². The standard InChI is InChI=1S/C17H12O4/c1-21-11-8-6-10(7-9-11)15(18)14-16(19)12-4-2-3-5-13(12)17(14)20/h2-9,18H,1H3. The van der Waals surface area contributed by atoms with Gasteiger partial charge in [0.05, 0.1) is 7.11 Å². The van der Waals surface area contributed by atoms with E-state index in [1.54, 1.807) is 48.5 Å². The fourth-order valence-corrected chi connectivity index (χ4v) is 2.36. The molecule has 0 spiro atoms. The van der Waals surface area contributed by atoms with Crippen LogP contribution in [0.1, 0.15) is 26.3 Å². The Labute approximate surface area is 121 Å². The molecule has 2 aromatic rings. The van der Waals surface area contributed by atoms with Gasteiger partial charge in [-0.25, -0.2) is 0 Å². The Morgan fingerprint density at radius 3 is 1.90 bits per heavy atom. The van der Waals surface area contributed by atoms with Crippen LogP contribution in [0.4, 0.5) is 0 Å². The average molecular weight is 280 g/mol. The lowest BCUT2D eigenvalue weighted by molar-refractivity contribution is 0.0987. The van der Waals surface area contributed by atoms with Crippen LogP contribution in [0.15, 0.2) is 54.1 Å². The van der Waals surface area contributed by atoms with Gasteiger partial charge in [0.15, 0.2) is 0 Å². The Morgan fingerprint density at radius 2 is 1.43 bits per heavy atom. The topological polar surface area (TPSA) is 63.6 Å². The summed E-state index contributed by atoms with van der Waals surface area (Å²) in [6.45, 7) is 0. The summed E-state index contributed by atoms with van der Waals surface area (Å²) in [6, 6.07) is 13.1. The summed E-state index contributed by atoms with van der Waals surface area (Å²) in [5.74, 6) is -0.555. The number of rotatable bonds is 2. The van der Waals surface area contributed by atoms with Gasteiger partial charge >= 0.3 is 0 Å². The number of ketones is 2. The van der Waals surface area contributed by atoms with Crippen molar-refractivity contribution in [2.24, 2.45) is 0 Å². The van der Waals surface area contributed by atoms with Gasteiger partial charge in [-0.05, 0) is 24.3 Å². The first-order chi connectivity index (χ1) is 10.1. The summed E-state index contributed by atoms with van der Waals surface area (Å²) in [4.78, 5) is 24.6. The van der Waals surface area contributed by atoms with E-state index in [0.29, 0.717) is 22.4 Å². The molecule has 4 heteroatoms. The predicted molar refractivity (Wildman–Crippen MR) is 77.6 cm³/mol. The number of carbonyl (C=O) groups excluding carboxylic acids is 2. The third-order valence-electron chi connectivity index (χ3n) is 3.47. The minimum absolute atomic E-state index is 0.179. The van der Waals surface area contributed by atoms with E-state index in [9.17, 15) is 14.7 Å². The summed E-state index contributed by atoms with van der Waals surface area (Å²) in [5.41, 5.74) is 0.886. The number of benzene rings is 2. The normalized spacial score (nSPS) is 13.3. The Hall–Kier alpha value is -2.88. The summed E-state index contributed by atoms with van der Waals surface area (Å²) in [6.07, 6.45) is 0. The largest absolute Gasteiger partial charge is 0.506 e. The molecule has 0 fully saturated rings. The Kier molecular flexibility index (Phi) is 3.06. The third-order valence-corrected chi connectivity index (χ3v) is 3.47. The number of methoxy groups -OCH3 is 1. The second kappa shape index (κ2) is 4.90. The van der Waals surface area contributed by atoms with E-state index in [1.807, 2.05) is 0 Å². The van der Waals surface area contributed by atoms with Gasteiger partial charge in [-0.2, -0.15) is 0 Å². The predicted octanol–water partition coefficient (Wildman–Crippen LogP) is 3.04. The van der Waals surface area contributed by atoms with Crippen LogP contribution in [-0.2, 0) is 0 Å². The van der Waals surface area contributed by atoms with E-state index < -0.39 is 11.6 Å². The molecule has 4 nitrogen and oxygen atoms in total. The van der Waals surface area contributed by atoms with E-state index in [1.165, 1.54) is 7.11 Å². The third kappa shape index (κ3) is 2.01. The van der Waals surface area contributed by atoms with E-state index in [0.717, 1.165) is 0 Å². The molecular weight excluding hydrogens is 268 g/mol. The van der Waals surface area contributed by atoms with Gasteiger partial charge in [0, 0.05) is 16.7 Å². The molecule has 0 saturated carbocycles. The average Bonchev–Trinajstić information content (AvgIpc) is 2.79. The van der Waals surface area contributed by atoms with Crippen molar-refractivity contribution in [3.63, 3.8) is 0 Å². The number of aliphatic hydroxyl groups excluding tert-OH is 1. The number of hydrogen-bond donors (Lipinski definition) is 1. The zero-order valence-electron chi connectivity index (χ0n) is 11.3. The van der Waals surface area contributed by atoms with Gasteiger partial charge in [-0.15, -0.1) is 0 Å². The number of fused-ring (bicyclic) bond motifs is 1. The molecular formula is C17H12O4. The van der Waals surface area contributed by atoms with Gasteiger partial charge in [-0.1, -0.05) is 24.3 Å². The second-order valence-electron chi connectivity index (χ2n) is 4.66. The van der Waals surface area contributed by atoms with Crippen molar-refractivity contribution in [1.29, 1.82) is 0 Å². The molecule has 0 heterocycles. The molecule has 1 aliphatic carbocycles. The monoisotopic (exact) mass is 280 g/mol. The lowest BCUT2D eigenvalue weighted by Gasteiger charge is -2.04. The van der Waals surface area contributed by atoms with Gasteiger partial charge < -0.3 is 9.84 Å². The first kappa shape index (κ1) is 13.1. The van der Waals surface area contributed by atoms with Crippen LogP contribution >= 0.6 is 0 Å². The van der Waals surface area contributed by atoms with Crippen molar-refractivity contribution in [2.75, 3.05) is 7.11 Å². The van der Waals surface area contributed by atoms with Crippen LogP contribution in [0, 0.1) is 0 Å². The van der Waals surface area contributed by atoms with Crippen molar-refractivity contribution in [2.45, 2.75) is 0 Å². The minimum Gasteiger partial charge on any atom is -0.506 e. The van der Waals surface area contributed by atoms with E-state index >= 15 is 0 Å². The van der Waals surface area contributed by atoms with Gasteiger partial charge in [0.2, 0.25) is 11.6 Å². The maximum Gasteiger partial charge on any atom is 0.201 e. The number of ether oxygens (including phenoxy) is 1. The molecule has 0 saturated heterocycles. The van der Waals surface area contributed by atoms with Gasteiger partial charge in [0.1, 0.15) is 17.1 Å². The molecule has 0 aromatic heterocycles. The fraction of sp³-hybridized carbons (Fsp3) is 0.0588. The zero-order chi connectivity index (χ0) is 15.0. The van der Waals surface area contributed by atoms with E-state index in [2.05, 4.69) is 0 Å². The molecule has 0 amide bonds.